The number of pyridine rings is 1. The van der Waals surface area contributed by atoms with Crippen LogP contribution in [0.4, 0.5) is 5.82 Å². The number of nitrogens with zero attached hydrogens (tertiary/aromatic N) is 2. The molecule has 0 radical (unpaired) electrons. The van der Waals surface area contributed by atoms with E-state index in [1.54, 1.807) is 6.20 Å². The second kappa shape index (κ2) is 10.3. The topological polar surface area (TPSA) is 51.3 Å². The van der Waals surface area contributed by atoms with Gasteiger partial charge >= 0.3 is 0 Å². The smallest absolute Gasteiger partial charge is 0.132 e. The number of hydrogen-bond acceptors (Lipinski definition) is 3. The minimum Gasteiger partial charge on any atom is -0.383 e. The van der Waals surface area contributed by atoms with Gasteiger partial charge in [-0.25, -0.2) is 4.98 Å². The van der Waals surface area contributed by atoms with Gasteiger partial charge in [-0.3, -0.25) is 4.99 Å². The van der Waals surface area contributed by atoms with E-state index in [0.717, 1.165) is 35.4 Å². The van der Waals surface area contributed by atoms with Gasteiger partial charge < -0.3 is 5.73 Å². The molecule has 0 saturated heterocycles. The molecule has 0 spiro atoms. The van der Waals surface area contributed by atoms with Crippen LogP contribution in [0.1, 0.15) is 51.7 Å². The maximum atomic E-state index is 6.07. The number of anilines is 1. The fraction of sp³-hybridized carbons (Fsp3) is 0.250. The summed E-state index contributed by atoms with van der Waals surface area (Å²) in [5.41, 5.74) is 12.4. The van der Waals surface area contributed by atoms with E-state index < -0.39 is 0 Å². The molecule has 27 heavy (non-hydrogen) atoms. The lowest BCUT2D eigenvalue weighted by molar-refractivity contribution is 1.15. The zero-order valence-corrected chi connectivity index (χ0v) is 16.7. The maximum absolute atomic E-state index is 6.07. The second-order valence-electron chi connectivity index (χ2n) is 6.41. The predicted molar refractivity (Wildman–Crippen MR) is 118 cm³/mol. The van der Waals surface area contributed by atoms with Crippen molar-refractivity contribution < 1.29 is 0 Å². The number of aliphatic imine (C=N–C) groups is 1. The first-order chi connectivity index (χ1) is 13.1. The van der Waals surface area contributed by atoms with E-state index >= 15 is 0 Å². The molecule has 2 N–H and O–H groups in total. The third-order valence-corrected chi connectivity index (χ3v) is 4.37. The Morgan fingerprint density at radius 3 is 2.41 bits per heavy atom. The molecular weight excluding hydrogens is 330 g/mol. The minimum absolute atomic E-state index is 0.519. The third kappa shape index (κ3) is 5.78. The van der Waals surface area contributed by atoms with Crippen molar-refractivity contribution in [2.24, 2.45) is 4.99 Å². The van der Waals surface area contributed by atoms with Gasteiger partial charge in [0.2, 0.25) is 0 Å². The summed E-state index contributed by atoms with van der Waals surface area (Å²) < 4.78 is 0. The molecule has 3 nitrogen and oxygen atoms in total. The van der Waals surface area contributed by atoms with Crippen molar-refractivity contribution in [2.45, 2.75) is 40.5 Å². The molecule has 0 bridgehead atoms. The van der Waals surface area contributed by atoms with Crippen molar-refractivity contribution >= 4 is 17.1 Å². The standard InChI is InChI=1S/C24H29N3/c1-5-11-19(4)23(16-15-18(3)20-12-8-7-9-13-20)27-22(6-2)21-14-10-17-26-24(21)25/h7-17H,5-6H2,1-4H3,(H2,25,26)/b18-15+,19-11+,23-16+,27-22?. The highest BCUT2D eigenvalue weighted by atomic mass is 14.8. The maximum Gasteiger partial charge on any atom is 0.132 e. The Kier molecular flexibility index (Phi) is 7.75. The Labute approximate surface area is 163 Å². The van der Waals surface area contributed by atoms with Crippen molar-refractivity contribution in [1.29, 1.82) is 0 Å². The summed E-state index contributed by atoms with van der Waals surface area (Å²) in [5, 5.41) is 0. The Morgan fingerprint density at radius 2 is 1.78 bits per heavy atom. The first-order valence-electron chi connectivity index (χ1n) is 9.46. The Balaban J connectivity index is 2.48. The molecule has 2 aromatic rings. The number of aromatic nitrogens is 1. The lowest BCUT2D eigenvalue weighted by Crippen LogP contribution is -2.06. The molecule has 0 amide bonds. The highest BCUT2D eigenvalue weighted by molar-refractivity contribution is 6.04. The Hall–Kier alpha value is -2.94. The molecule has 0 aliphatic carbocycles. The molecule has 1 heterocycles. The molecule has 1 aromatic heterocycles. The summed E-state index contributed by atoms with van der Waals surface area (Å²) >= 11 is 0. The van der Waals surface area contributed by atoms with Gasteiger partial charge in [0.25, 0.3) is 0 Å². The van der Waals surface area contributed by atoms with Crippen LogP contribution in [-0.2, 0) is 0 Å². The summed E-state index contributed by atoms with van der Waals surface area (Å²) in [4.78, 5) is 9.16. The van der Waals surface area contributed by atoms with E-state index in [1.165, 1.54) is 11.1 Å². The zero-order chi connectivity index (χ0) is 19.6. The molecule has 140 valence electrons. The van der Waals surface area contributed by atoms with Crippen LogP contribution in [0.3, 0.4) is 0 Å². The monoisotopic (exact) mass is 359 g/mol. The summed E-state index contributed by atoms with van der Waals surface area (Å²) in [5.74, 6) is 0.519. The third-order valence-electron chi connectivity index (χ3n) is 4.37. The number of allylic oxidation sites excluding steroid dienone is 5. The molecular formula is C24H29N3. The van der Waals surface area contributed by atoms with Crippen molar-refractivity contribution in [3.63, 3.8) is 0 Å². The van der Waals surface area contributed by atoms with Crippen molar-refractivity contribution in [3.8, 4) is 0 Å². The summed E-state index contributed by atoms with van der Waals surface area (Å²) in [6.45, 7) is 8.44. The van der Waals surface area contributed by atoms with Crippen LogP contribution < -0.4 is 5.73 Å². The van der Waals surface area contributed by atoms with E-state index in [2.05, 4.69) is 75.2 Å². The van der Waals surface area contributed by atoms with Crippen LogP contribution in [-0.4, -0.2) is 10.7 Å². The molecule has 0 saturated carbocycles. The highest BCUT2D eigenvalue weighted by Crippen LogP contribution is 2.20. The summed E-state index contributed by atoms with van der Waals surface area (Å²) in [6.07, 6.45) is 9.87. The minimum atomic E-state index is 0.519. The van der Waals surface area contributed by atoms with Crippen molar-refractivity contribution in [3.05, 3.63) is 89.3 Å². The second-order valence-corrected chi connectivity index (χ2v) is 6.41. The van der Waals surface area contributed by atoms with Gasteiger partial charge in [0.15, 0.2) is 0 Å². The fourth-order valence-corrected chi connectivity index (χ4v) is 2.81. The number of benzene rings is 1. The first kappa shape index (κ1) is 20.4. The van der Waals surface area contributed by atoms with Crippen LogP contribution in [0.2, 0.25) is 0 Å². The van der Waals surface area contributed by atoms with E-state index in [-0.39, 0.29) is 0 Å². The average molecular weight is 360 g/mol. The van der Waals surface area contributed by atoms with Gasteiger partial charge in [-0.05, 0) is 61.6 Å². The molecule has 0 unspecified atom stereocenters. The van der Waals surface area contributed by atoms with E-state index in [4.69, 9.17) is 10.7 Å². The Bertz CT molecular complexity index is 872. The average Bonchev–Trinajstić information content (AvgIpc) is 2.69. The van der Waals surface area contributed by atoms with Crippen LogP contribution in [0, 0.1) is 0 Å². The lowest BCUT2D eigenvalue weighted by Gasteiger charge is -2.09. The first-order valence-corrected chi connectivity index (χ1v) is 9.46. The molecule has 0 fully saturated rings. The number of rotatable bonds is 7. The van der Waals surface area contributed by atoms with Crippen LogP contribution in [0.15, 0.2) is 83.2 Å². The zero-order valence-electron chi connectivity index (χ0n) is 16.7. The quantitative estimate of drug-likeness (QED) is 0.472. The predicted octanol–water partition coefficient (Wildman–Crippen LogP) is 6.21. The van der Waals surface area contributed by atoms with Crippen LogP contribution >= 0.6 is 0 Å². The van der Waals surface area contributed by atoms with Gasteiger partial charge in [0.1, 0.15) is 5.82 Å². The van der Waals surface area contributed by atoms with Crippen molar-refractivity contribution in [2.75, 3.05) is 5.73 Å². The van der Waals surface area contributed by atoms with Crippen LogP contribution in [0.25, 0.3) is 5.57 Å². The molecule has 3 heteroatoms. The fourth-order valence-electron chi connectivity index (χ4n) is 2.81. The number of nitrogen functional groups attached to an aromatic ring is 1. The lowest BCUT2D eigenvalue weighted by atomic mass is 10.1. The van der Waals surface area contributed by atoms with Gasteiger partial charge in [0, 0.05) is 11.8 Å². The highest BCUT2D eigenvalue weighted by Gasteiger charge is 2.08. The SMILES string of the molecule is CC/C=C(C)/C(=C\C=C(/C)c1ccccc1)N=C(CC)c1cccnc1N. The van der Waals surface area contributed by atoms with Gasteiger partial charge in [-0.1, -0.05) is 56.3 Å². The molecule has 2 rings (SSSR count). The van der Waals surface area contributed by atoms with E-state index in [0.29, 0.717) is 5.82 Å². The normalized spacial score (nSPS) is 13.8. The van der Waals surface area contributed by atoms with E-state index in [1.807, 2.05) is 18.2 Å². The van der Waals surface area contributed by atoms with Crippen LogP contribution in [0.5, 0.6) is 0 Å². The van der Waals surface area contributed by atoms with Crippen molar-refractivity contribution in [1.82, 2.24) is 4.98 Å². The summed E-state index contributed by atoms with van der Waals surface area (Å²) in [6, 6.07) is 14.2. The molecule has 0 aliphatic heterocycles. The largest absolute Gasteiger partial charge is 0.383 e. The number of nitrogens with two attached hydrogens (primary N) is 1. The van der Waals surface area contributed by atoms with Gasteiger partial charge in [0.05, 0.1) is 11.4 Å². The van der Waals surface area contributed by atoms with E-state index in [9.17, 15) is 0 Å². The Morgan fingerprint density at radius 1 is 1.04 bits per heavy atom. The molecule has 0 aliphatic rings. The molecule has 1 aromatic carbocycles. The van der Waals surface area contributed by atoms with Gasteiger partial charge in [-0.15, -0.1) is 0 Å². The molecule has 0 atom stereocenters. The summed E-state index contributed by atoms with van der Waals surface area (Å²) in [7, 11) is 0. The number of hydrogen-bond donors (Lipinski definition) is 1. The van der Waals surface area contributed by atoms with Gasteiger partial charge in [-0.2, -0.15) is 0 Å².